The van der Waals surface area contributed by atoms with Crippen molar-refractivity contribution < 1.29 is 8.42 Å². The Morgan fingerprint density at radius 1 is 1.17 bits per heavy atom. The predicted molar refractivity (Wildman–Crippen MR) is 117 cm³/mol. The molecular formula is C23H28N4O2S. The maximum Gasteiger partial charge on any atom is 0.262 e. The molecule has 3 aromatic rings. The number of pyridine rings is 1. The smallest absolute Gasteiger partial charge is 0.262 e. The lowest BCUT2D eigenvalue weighted by atomic mass is 9.93. The first-order valence-electron chi connectivity index (χ1n) is 10.3. The summed E-state index contributed by atoms with van der Waals surface area (Å²) >= 11 is 0. The molecule has 0 N–H and O–H groups in total. The standard InChI is InChI=1S/C23H28N4O2S/c1-17-7-4-5-8-20(17)12-19-11-18(2)25-22(13-19)21-9-6-10-27(14-21)30(28,29)23-15-26(3)16-24-23/h4-5,7-8,11,13,15-16,21H,6,9-10,12,14H2,1-3H3. The van der Waals surface area contributed by atoms with Crippen LogP contribution in [0.4, 0.5) is 0 Å². The number of hydrogen-bond donors (Lipinski definition) is 0. The van der Waals surface area contributed by atoms with Gasteiger partial charge in [-0.25, -0.2) is 13.4 Å². The third-order valence-corrected chi connectivity index (χ3v) is 7.53. The first-order chi connectivity index (χ1) is 14.3. The molecule has 4 rings (SSSR count). The summed E-state index contributed by atoms with van der Waals surface area (Å²) in [5.74, 6) is 0.0905. The molecule has 2 aromatic heterocycles. The first kappa shape index (κ1) is 20.8. The summed E-state index contributed by atoms with van der Waals surface area (Å²) in [5.41, 5.74) is 5.76. The Morgan fingerprint density at radius 3 is 2.70 bits per heavy atom. The summed E-state index contributed by atoms with van der Waals surface area (Å²) in [5, 5.41) is 0.114. The number of imidazole rings is 1. The van der Waals surface area contributed by atoms with E-state index in [1.54, 1.807) is 22.1 Å². The average Bonchev–Trinajstić information content (AvgIpc) is 3.17. The van der Waals surface area contributed by atoms with E-state index in [2.05, 4.69) is 48.3 Å². The molecule has 1 fully saturated rings. The fraction of sp³-hybridized carbons (Fsp3) is 0.391. The molecular weight excluding hydrogens is 396 g/mol. The summed E-state index contributed by atoms with van der Waals surface area (Å²) in [7, 11) is -1.81. The SMILES string of the molecule is Cc1cc(Cc2ccccc2C)cc(C2CCCN(S(=O)(=O)c3cn(C)cn3)C2)n1. The Labute approximate surface area is 178 Å². The quantitative estimate of drug-likeness (QED) is 0.628. The summed E-state index contributed by atoms with van der Waals surface area (Å²) in [6.07, 6.45) is 5.69. The van der Waals surface area contributed by atoms with Crippen molar-refractivity contribution in [3.05, 3.63) is 77.0 Å². The Hall–Kier alpha value is -2.51. The molecule has 1 saturated heterocycles. The van der Waals surface area contributed by atoms with Crippen molar-refractivity contribution in [1.82, 2.24) is 18.8 Å². The zero-order valence-corrected chi connectivity index (χ0v) is 18.6. The van der Waals surface area contributed by atoms with Crippen LogP contribution in [0.5, 0.6) is 0 Å². The van der Waals surface area contributed by atoms with Crippen LogP contribution in [0.15, 0.2) is 53.9 Å². The second-order valence-electron chi connectivity index (χ2n) is 8.22. The summed E-state index contributed by atoms with van der Waals surface area (Å²) in [6, 6.07) is 12.7. The molecule has 30 heavy (non-hydrogen) atoms. The van der Waals surface area contributed by atoms with Crippen molar-refractivity contribution in [2.24, 2.45) is 7.05 Å². The Bertz CT molecular complexity index is 1150. The van der Waals surface area contributed by atoms with E-state index in [9.17, 15) is 8.42 Å². The van der Waals surface area contributed by atoms with Crippen LogP contribution in [-0.4, -0.2) is 40.3 Å². The van der Waals surface area contributed by atoms with Crippen LogP contribution in [0, 0.1) is 13.8 Å². The van der Waals surface area contributed by atoms with Gasteiger partial charge in [0.15, 0.2) is 5.03 Å². The van der Waals surface area contributed by atoms with Gasteiger partial charge in [0.2, 0.25) is 0 Å². The van der Waals surface area contributed by atoms with E-state index < -0.39 is 10.0 Å². The van der Waals surface area contributed by atoms with E-state index in [0.717, 1.165) is 30.7 Å². The number of nitrogens with zero attached hydrogens (tertiary/aromatic N) is 4. The lowest BCUT2D eigenvalue weighted by Crippen LogP contribution is -2.39. The average molecular weight is 425 g/mol. The molecule has 0 bridgehead atoms. The van der Waals surface area contributed by atoms with Gasteiger partial charge in [-0.05, 0) is 61.9 Å². The predicted octanol–water partition coefficient (Wildman–Crippen LogP) is 3.59. The van der Waals surface area contributed by atoms with Gasteiger partial charge in [0.05, 0.1) is 6.33 Å². The number of aryl methyl sites for hydroxylation is 3. The van der Waals surface area contributed by atoms with E-state index in [1.165, 1.54) is 23.0 Å². The van der Waals surface area contributed by atoms with Gasteiger partial charge in [-0.15, -0.1) is 0 Å². The Balaban J connectivity index is 1.58. The Kier molecular flexibility index (Phi) is 5.75. The third-order valence-electron chi connectivity index (χ3n) is 5.78. The molecule has 1 aliphatic heterocycles. The van der Waals surface area contributed by atoms with Crippen molar-refractivity contribution in [3.63, 3.8) is 0 Å². The van der Waals surface area contributed by atoms with E-state index >= 15 is 0 Å². The van der Waals surface area contributed by atoms with Gasteiger partial charge in [-0.2, -0.15) is 4.31 Å². The van der Waals surface area contributed by atoms with Crippen molar-refractivity contribution >= 4 is 10.0 Å². The van der Waals surface area contributed by atoms with Crippen molar-refractivity contribution in [2.45, 2.75) is 44.1 Å². The van der Waals surface area contributed by atoms with Crippen LogP contribution in [-0.2, 0) is 23.5 Å². The number of aromatic nitrogens is 3. The highest BCUT2D eigenvalue weighted by atomic mass is 32.2. The van der Waals surface area contributed by atoms with Gasteiger partial charge < -0.3 is 4.57 Å². The third kappa shape index (κ3) is 4.32. The number of piperidine rings is 1. The minimum absolute atomic E-state index is 0.0905. The van der Waals surface area contributed by atoms with Gasteiger partial charge in [0, 0.05) is 43.6 Å². The molecule has 158 valence electrons. The van der Waals surface area contributed by atoms with Gasteiger partial charge in [0.1, 0.15) is 0 Å². The van der Waals surface area contributed by atoms with Crippen LogP contribution < -0.4 is 0 Å². The first-order valence-corrected chi connectivity index (χ1v) is 11.8. The van der Waals surface area contributed by atoms with Crippen LogP contribution >= 0.6 is 0 Å². The van der Waals surface area contributed by atoms with Gasteiger partial charge in [0.25, 0.3) is 10.0 Å². The summed E-state index contributed by atoms with van der Waals surface area (Å²) in [4.78, 5) is 8.84. The molecule has 1 aliphatic rings. The van der Waals surface area contributed by atoms with Crippen LogP contribution in [0.3, 0.4) is 0 Å². The summed E-state index contributed by atoms with van der Waals surface area (Å²) in [6.45, 7) is 5.11. The maximum atomic E-state index is 13.0. The largest absolute Gasteiger partial charge is 0.339 e. The lowest BCUT2D eigenvalue weighted by Gasteiger charge is -2.31. The molecule has 0 saturated carbocycles. The molecule has 1 unspecified atom stereocenters. The number of sulfonamides is 1. The lowest BCUT2D eigenvalue weighted by molar-refractivity contribution is 0.311. The fourth-order valence-electron chi connectivity index (χ4n) is 4.16. The Morgan fingerprint density at radius 2 is 1.97 bits per heavy atom. The molecule has 0 aliphatic carbocycles. The highest BCUT2D eigenvalue weighted by Gasteiger charge is 2.33. The molecule has 0 radical (unpaired) electrons. The van der Waals surface area contributed by atoms with E-state index in [-0.39, 0.29) is 10.9 Å². The fourth-order valence-corrected chi connectivity index (χ4v) is 5.65. The molecule has 3 heterocycles. The highest BCUT2D eigenvalue weighted by Crippen LogP contribution is 2.30. The molecule has 7 heteroatoms. The van der Waals surface area contributed by atoms with Crippen molar-refractivity contribution in [2.75, 3.05) is 13.1 Å². The normalized spacial score (nSPS) is 17.9. The minimum atomic E-state index is -3.58. The van der Waals surface area contributed by atoms with Crippen LogP contribution in [0.2, 0.25) is 0 Å². The van der Waals surface area contributed by atoms with E-state index in [0.29, 0.717) is 13.1 Å². The number of hydrogen-bond acceptors (Lipinski definition) is 4. The molecule has 1 atom stereocenters. The molecule has 6 nitrogen and oxygen atoms in total. The topological polar surface area (TPSA) is 68.1 Å². The highest BCUT2D eigenvalue weighted by molar-refractivity contribution is 7.89. The van der Waals surface area contributed by atoms with Crippen LogP contribution in [0.25, 0.3) is 0 Å². The zero-order valence-electron chi connectivity index (χ0n) is 17.7. The second-order valence-corrected chi connectivity index (χ2v) is 10.1. The van der Waals surface area contributed by atoms with E-state index in [1.807, 2.05) is 6.92 Å². The van der Waals surface area contributed by atoms with Gasteiger partial charge in [-0.1, -0.05) is 24.3 Å². The number of rotatable bonds is 5. The van der Waals surface area contributed by atoms with Gasteiger partial charge in [-0.3, -0.25) is 4.98 Å². The summed E-state index contributed by atoms with van der Waals surface area (Å²) < 4.78 is 29.3. The van der Waals surface area contributed by atoms with Gasteiger partial charge >= 0.3 is 0 Å². The van der Waals surface area contributed by atoms with Crippen LogP contribution in [0.1, 0.15) is 46.8 Å². The van der Waals surface area contributed by atoms with Crippen molar-refractivity contribution in [3.8, 4) is 0 Å². The zero-order chi connectivity index (χ0) is 21.3. The molecule has 0 spiro atoms. The number of benzene rings is 1. The van der Waals surface area contributed by atoms with E-state index in [4.69, 9.17) is 4.98 Å². The monoisotopic (exact) mass is 424 g/mol. The molecule has 0 amide bonds. The second kappa shape index (κ2) is 8.32. The van der Waals surface area contributed by atoms with Crippen molar-refractivity contribution in [1.29, 1.82) is 0 Å². The maximum absolute atomic E-state index is 13.0. The molecule has 1 aromatic carbocycles. The minimum Gasteiger partial charge on any atom is -0.339 e.